The number of nitrogens with zero attached hydrogens (tertiary/aromatic N) is 2. The molecule has 1 N–H and O–H groups in total. The quantitative estimate of drug-likeness (QED) is 0.747. The van der Waals surface area contributed by atoms with Gasteiger partial charge in [0.1, 0.15) is 6.54 Å². The van der Waals surface area contributed by atoms with E-state index in [1.54, 1.807) is 42.5 Å². The number of rotatable bonds is 4. The maximum absolute atomic E-state index is 12.3. The Morgan fingerprint density at radius 1 is 1.12 bits per heavy atom. The van der Waals surface area contributed by atoms with Gasteiger partial charge in [-0.2, -0.15) is 0 Å². The second-order valence-corrected chi connectivity index (χ2v) is 5.36. The number of hydrogen-bond donors (Lipinski definition) is 1. The van der Waals surface area contributed by atoms with Gasteiger partial charge in [-0.25, -0.2) is 4.98 Å². The zero-order valence-electron chi connectivity index (χ0n) is 13.0. The largest absolute Gasteiger partial charge is 0.325 e. The van der Waals surface area contributed by atoms with E-state index < -0.39 is 0 Å². The number of amides is 1. The lowest BCUT2D eigenvalue weighted by Crippen LogP contribution is -2.28. The second-order valence-electron chi connectivity index (χ2n) is 5.36. The highest BCUT2D eigenvalue weighted by atomic mass is 16.2. The van der Waals surface area contributed by atoms with Crippen molar-refractivity contribution >= 4 is 28.4 Å². The van der Waals surface area contributed by atoms with Crippen molar-refractivity contribution in [3.8, 4) is 0 Å². The Hall–Kier alpha value is -3.28. The Kier molecular flexibility index (Phi) is 4.20. The molecule has 120 valence electrons. The first-order valence-electron chi connectivity index (χ1n) is 7.40. The summed E-state index contributed by atoms with van der Waals surface area (Å²) in [6, 6.07) is 13.8. The van der Waals surface area contributed by atoms with Gasteiger partial charge in [0, 0.05) is 11.3 Å². The van der Waals surface area contributed by atoms with Crippen LogP contribution in [0.3, 0.4) is 0 Å². The Bertz CT molecular complexity index is 992. The number of hydrogen-bond acceptors (Lipinski definition) is 4. The highest BCUT2D eigenvalue weighted by Crippen LogP contribution is 2.12. The molecule has 6 nitrogen and oxygen atoms in total. The van der Waals surface area contributed by atoms with Crippen molar-refractivity contribution < 1.29 is 9.59 Å². The Morgan fingerprint density at radius 2 is 1.92 bits per heavy atom. The Morgan fingerprint density at radius 3 is 2.71 bits per heavy atom. The molecule has 1 aromatic heterocycles. The summed E-state index contributed by atoms with van der Waals surface area (Å²) in [5.41, 5.74) is 1.92. The normalized spacial score (nSPS) is 10.5. The number of aromatic nitrogens is 2. The molecule has 0 aliphatic heterocycles. The number of carbonyl (C=O) groups is 2. The van der Waals surface area contributed by atoms with Crippen molar-refractivity contribution in [3.63, 3.8) is 0 Å². The van der Waals surface area contributed by atoms with E-state index in [-0.39, 0.29) is 23.8 Å². The summed E-state index contributed by atoms with van der Waals surface area (Å²) in [6.45, 7) is 1.33. The number of nitrogens with one attached hydrogen (secondary N) is 1. The van der Waals surface area contributed by atoms with Gasteiger partial charge in [-0.1, -0.05) is 24.3 Å². The fourth-order valence-electron chi connectivity index (χ4n) is 2.44. The van der Waals surface area contributed by atoms with E-state index in [0.29, 0.717) is 22.3 Å². The van der Waals surface area contributed by atoms with Gasteiger partial charge in [0.05, 0.1) is 17.2 Å². The van der Waals surface area contributed by atoms with Crippen LogP contribution in [0.2, 0.25) is 0 Å². The zero-order valence-corrected chi connectivity index (χ0v) is 13.0. The molecular weight excluding hydrogens is 306 g/mol. The van der Waals surface area contributed by atoms with Crippen molar-refractivity contribution in [2.24, 2.45) is 0 Å². The first-order valence-corrected chi connectivity index (χ1v) is 7.40. The topological polar surface area (TPSA) is 81.1 Å². The predicted molar refractivity (Wildman–Crippen MR) is 91.1 cm³/mol. The number of Topliss-reactive ketones (excluding diaryl/α,β-unsaturated/α-hetero) is 1. The standard InChI is InChI=1S/C18H15N3O3/c1-12(22)13-5-4-6-14(9-13)20-17(23)11-21-16-8-3-2-7-15(16)19-10-18(21)24/h2-10H,11H2,1H3,(H,20,23). The summed E-state index contributed by atoms with van der Waals surface area (Å²) in [5.74, 6) is -0.434. The third-order valence-corrected chi connectivity index (χ3v) is 3.61. The van der Waals surface area contributed by atoms with Gasteiger partial charge in [0.25, 0.3) is 5.56 Å². The lowest BCUT2D eigenvalue weighted by Gasteiger charge is -2.10. The molecule has 0 atom stereocenters. The van der Waals surface area contributed by atoms with Crippen molar-refractivity contribution in [1.29, 1.82) is 0 Å². The molecule has 1 amide bonds. The molecule has 3 aromatic rings. The van der Waals surface area contributed by atoms with E-state index in [2.05, 4.69) is 10.3 Å². The van der Waals surface area contributed by atoms with Gasteiger partial charge in [-0.3, -0.25) is 19.0 Å². The lowest BCUT2D eigenvalue weighted by atomic mass is 10.1. The second kappa shape index (κ2) is 6.45. The van der Waals surface area contributed by atoms with E-state index in [4.69, 9.17) is 0 Å². The van der Waals surface area contributed by atoms with Crippen LogP contribution >= 0.6 is 0 Å². The number of anilines is 1. The number of carbonyl (C=O) groups excluding carboxylic acids is 2. The lowest BCUT2D eigenvalue weighted by molar-refractivity contribution is -0.116. The van der Waals surface area contributed by atoms with Crippen molar-refractivity contribution in [3.05, 3.63) is 70.6 Å². The average Bonchev–Trinajstić information content (AvgIpc) is 2.57. The van der Waals surface area contributed by atoms with E-state index >= 15 is 0 Å². The number of benzene rings is 2. The van der Waals surface area contributed by atoms with Crippen LogP contribution in [0.25, 0.3) is 11.0 Å². The molecule has 0 aliphatic rings. The zero-order chi connectivity index (χ0) is 17.1. The van der Waals surface area contributed by atoms with Crippen LogP contribution in [0, 0.1) is 0 Å². The fourth-order valence-corrected chi connectivity index (χ4v) is 2.44. The SMILES string of the molecule is CC(=O)c1cccc(NC(=O)Cn2c(=O)cnc3ccccc32)c1. The molecule has 0 aliphatic carbocycles. The Labute approximate surface area is 137 Å². The summed E-state index contributed by atoms with van der Waals surface area (Å²) >= 11 is 0. The number of ketones is 1. The molecule has 0 bridgehead atoms. The van der Waals surface area contributed by atoms with Crippen molar-refractivity contribution in [1.82, 2.24) is 9.55 Å². The van der Waals surface area contributed by atoms with E-state index in [1.165, 1.54) is 17.7 Å². The molecule has 0 spiro atoms. The minimum atomic E-state index is -0.353. The van der Waals surface area contributed by atoms with E-state index in [0.717, 1.165) is 0 Å². The monoisotopic (exact) mass is 321 g/mol. The molecule has 24 heavy (non-hydrogen) atoms. The summed E-state index contributed by atoms with van der Waals surface area (Å²) < 4.78 is 1.37. The molecular formula is C18H15N3O3. The molecule has 2 aromatic carbocycles. The molecule has 0 saturated carbocycles. The highest BCUT2D eigenvalue weighted by molar-refractivity contribution is 5.97. The predicted octanol–water partition coefficient (Wildman–Crippen LogP) is 2.24. The van der Waals surface area contributed by atoms with Crippen LogP contribution in [0.1, 0.15) is 17.3 Å². The van der Waals surface area contributed by atoms with Crippen LogP contribution in [0.4, 0.5) is 5.69 Å². The number of para-hydroxylation sites is 2. The Balaban J connectivity index is 1.86. The molecule has 0 radical (unpaired) electrons. The third kappa shape index (κ3) is 3.22. The highest BCUT2D eigenvalue weighted by Gasteiger charge is 2.10. The van der Waals surface area contributed by atoms with Gasteiger partial charge >= 0.3 is 0 Å². The molecule has 3 rings (SSSR count). The summed E-state index contributed by atoms with van der Waals surface area (Å²) in [7, 11) is 0. The van der Waals surface area contributed by atoms with Gasteiger partial charge in [-0.15, -0.1) is 0 Å². The maximum Gasteiger partial charge on any atom is 0.269 e. The van der Waals surface area contributed by atoms with Crippen LogP contribution in [0.5, 0.6) is 0 Å². The minimum Gasteiger partial charge on any atom is -0.325 e. The smallest absolute Gasteiger partial charge is 0.269 e. The van der Waals surface area contributed by atoms with Gasteiger partial charge in [0.2, 0.25) is 5.91 Å². The third-order valence-electron chi connectivity index (χ3n) is 3.61. The molecule has 0 unspecified atom stereocenters. The van der Waals surface area contributed by atoms with Gasteiger partial charge in [-0.05, 0) is 31.2 Å². The summed E-state index contributed by atoms with van der Waals surface area (Å²) in [5, 5.41) is 2.71. The van der Waals surface area contributed by atoms with Crippen molar-refractivity contribution in [2.75, 3.05) is 5.32 Å². The average molecular weight is 321 g/mol. The van der Waals surface area contributed by atoms with E-state index in [9.17, 15) is 14.4 Å². The first kappa shape index (κ1) is 15.6. The van der Waals surface area contributed by atoms with E-state index in [1.807, 2.05) is 6.07 Å². The van der Waals surface area contributed by atoms with Crippen LogP contribution in [-0.2, 0) is 11.3 Å². The van der Waals surface area contributed by atoms with Gasteiger partial charge in [0.15, 0.2) is 5.78 Å². The van der Waals surface area contributed by atoms with Gasteiger partial charge < -0.3 is 5.32 Å². The van der Waals surface area contributed by atoms with Crippen LogP contribution < -0.4 is 10.9 Å². The number of fused-ring (bicyclic) bond motifs is 1. The molecule has 6 heteroatoms. The fraction of sp³-hybridized carbons (Fsp3) is 0.111. The minimum absolute atomic E-state index is 0.0811. The van der Waals surface area contributed by atoms with Crippen molar-refractivity contribution in [2.45, 2.75) is 13.5 Å². The maximum atomic E-state index is 12.3. The van der Waals surface area contributed by atoms with Crippen LogP contribution in [-0.4, -0.2) is 21.2 Å². The summed E-state index contributed by atoms with van der Waals surface area (Å²) in [6.07, 6.45) is 1.20. The van der Waals surface area contributed by atoms with Crippen LogP contribution in [0.15, 0.2) is 59.5 Å². The molecule has 0 fully saturated rings. The molecule has 1 heterocycles. The summed E-state index contributed by atoms with van der Waals surface area (Å²) in [4.78, 5) is 39.8. The molecule has 0 saturated heterocycles. The first-order chi connectivity index (χ1) is 11.5.